The van der Waals surface area contributed by atoms with E-state index in [2.05, 4.69) is 14.9 Å². The quantitative estimate of drug-likeness (QED) is 0.927. The van der Waals surface area contributed by atoms with Crippen LogP contribution >= 0.6 is 0 Å². The predicted molar refractivity (Wildman–Crippen MR) is 82.9 cm³/mol. The molecule has 2 aromatic rings. The minimum atomic E-state index is -0.512. The van der Waals surface area contributed by atoms with Gasteiger partial charge in [0.2, 0.25) is 0 Å². The molecular formula is C16H18N4O2. The lowest BCUT2D eigenvalue weighted by molar-refractivity contribution is 0.0995. The Hall–Kier alpha value is -2.63. The summed E-state index contributed by atoms with van der Waals surface area (Å²) in [6, 6.07) is 7.38. The molecule has 1 saturated heterocycles. The lowest BCUT2D eigenvalue weighted by Crippen LogP contribution is -2.41. The molecule has 0 spiro atoms. The molecule has 1 aliphatic heterocycles. The summed E-state index contributed by atoms with van der Waals surface area (Å²) in [6.45, 7) is 1.69. The lowest BCUT2D eigenvalue weighted by Gasteiger charge is -2.34. The van der Waals surface area contributed by atoms with Gasteiger partial charge in [0.15, 0.2) is 0 Å². The minimum absolute atomic E-state index is 0.100. The third-order valence-corrected chi connectivity index (χ3v) is 3.68. The molecule has 1 atom stereocenters. The number of nitrogens with zero attached hydrogens (tertiary/aromatic N) is 3. The first kappa shape index (κ1) is 14.3. The van der Waals surface area contributed by atoms with Gasteiger partial charge in [0, 0.05) is 24.6 Å². The average Bonchev–Trinajstić information content (AvgIpc) is 2.56. The van der Waals surface area contributed by atoms with Crippen molar-refractivity contribution in [2.24, 2.45) is 5.73 Å². The van der Waals surface area contributed by atoms with E-state index in [0.29, 0.717) is 0 Å². The Bertz CT molecular complexity index is 648. The number of ether oxygens (including phenoxy) is 1. The number of hydrogen-bond donors (Lipinski definition) is 1. The van der Waals surface area contributed by atoms with E-state index in [1.165, 1.54) is 0 Å². The summed E-state index contributed by atoms with van der Waals surface area (Å²) in [5.74, 6) is 0.268. The number of carbonyl (C=O) groups is 1. The van der Waals surface area contributed by atoms with Gasteiger partial charge in [-0.25, -0.2) is 0 Å². The third-order valence-electron chi connectivity index (χ3n) is 3.68. The molecule has 2 N–H and O–H groups in total. The number of carbonyl (C=O) groups excluding carboxylic acids is 1. The molecule has 0 aromatic carbocycles. The van der Waals surface area contributed by atoms with Gasteiger partial charge in [-0.05, 0) is 37.1 Å². The van der Waals surface area contributed by atoms with Crippen molar-refractivity contribution in [3.8, 4) is 5.75 Å². The molecule has 6 nitrogen and oxygen atoms in total. The van der Waals surface area contributed by atoms with E-state index in [0.717, 1.165) is 37.4 Å². The van der Waals surface area contributed by atoms with Crippen LogP contribution in [0.3, 0.4) is 0 Å². The Balaban J connectivity index is 1.70. The minimum Gasteiger partial charge on any atom is -0.487 e. The van der Waals surface area contributed by atoms with Gasteiger partial charge >= 0.3 is 0 Å². The van der Waals surface area contributed by atoms with Gasteiger partial charge in [0.1, 0.15) is 17.5 Å². The summed E-state index contributed by atoms with van der Waals surface area (Å²) in [6.07, 6.45) is 7.18. The van der Waals surface area contributed by atoms with Crippen molar-refractivity contribution < 1.29 is 9.53 Å². The fraction of sp³-hybridized carbons (Fsp3) is 0.312. The molecule has 1 fully saturated rings. The molecule has 1 aliphatic rings. The van der Waals surface area contributed by atoms with Crippen LogP contribution in [0.25, 0.3) is 0 Å². The van der Waals surface area contributed by atoms with Gasteiger partial charge in [-0.15, -0.1) is 0 Å². The molecule has 1 amide bonds. The molecule has 3 heterocycles. The number of piperidine rings is 1. The van der Waals surface area contributed by atoms with E-state index in [1.807, 2.05) is 18.2 Å². The van der Waals surface area contributed by atoms with E-state index >= 15 is 0 Å². The number of nitrogens with two attached hydrogens (primary N) is 1. The van der Waals surface area contributed by atoms with Crippen molar-refractivity contribution in [1.29, 1.82) is 0 Å². The van der Waals surface area contributed by atoms with Crippen LogP contribution < -0.4 is 15.4 Å². The summed E-state index contributed by atoms with van der Waals surface area (Å²) in [4.78, 5) is 21.5. The molecule has 0 aliphatic carbocycles. The van der Waals surface area contributed by atoms with E-state index in [1.54, 1.807) is 24.7 Å². The second-order valence-electron chi connectivity index (χ2n) is 5.28. The Morgan fingerprint density at radius 3 is 3.05 bits per heavy atom. The van der Waals surface area contributed by atoms with Crippen LogP contribution in [-0.2, 0) is 0 Å². The summed E-state index contributed by atoms with van der Waals surface area (Å²) in [5.41, 5.74) is 6.52. The number of rotatable bonds is 4. The van der Waals surface area contributed by atoms with Gasteiger partial charge in [-0.2, -0.15) is 0 Å². The van der Waals surface area contributed by atoms with Crippen molar-refractivity contribution in [2.45, 2.75) is 18.9 Å². The van der Waals surface area contributed by atoms with E-state index in [-0.39, 0.29) is 11.8 Å². The molecule has 0 bridgehead atoms. The van der Waals surface area contributed by atoms with Crippen LogP contribution in [0, 0.1) is 0 Å². The number of pyridine rings is 2. The molecular weight excluding hydrogens is 280 g/mol. The maximum atomic E-state index is 11.3. The van der Waals surface area contributed by atoms with Crippen molar-refractivity contribution >= 4 is 11.6 Å². The molecule has 3 rings (SSSR count). The molecule has 0 radical (unpaired) electrons. The van der Waals surface area contributed by atoms with Crippen LogP contribution in [-0.4, -0.2) is 35.1 Å². The molecule has 114 valence electrons. The summed E-state index contributed by atoms with van der Waals surface area (Å²) in [7, 11) is 0. The number of anilines is 1. The topological polar surface area (TPSA) is 81.3 Å². The highest BCUT2D eigenvalue weighted by Gasteiger charge is 2.22. The van der Waals surface area contributed by atoms with Gasteiger partial charge in [0.25, 0.3) is 5.91 Å². The number of amides is 1. The van der Waals surface area contributed by atoms with Gasteiger partial charge in [-0.3, -0.25) is 14.8 Å². The average molecular weight is 298 g/mol. The van der Waals surface area contributed by atoms with Crippen molar-refractivity contribution in [3.05, 3.63) is 48.5 Å². The largest absolute Gasteiger partial charge is 0.487 e. The maximum absolute atomic E-state index is 11.3. The van der Waals surface area contributed by atoms with Crippen LogP contribution in [0.2, 0.25) is 0 Å². The molecule has 1 unspecified atom stereocenters. The van der Waals surface area contributed by atoms with Crippen LogP contribution in [0.4, 0.5) is 5.69 Å². The van der Waals surface area contributed by atoms with E-state index < -0.39 is 5.91 Å². The monoisotopic (exact) mass is 298 g/mol. The zero-order valence-corrected chi connectivity index (χ0v) is 12.2. The first-order chi connectivity index (χ1) is 10.7. The second-order valence-corrected chi connectivity index (χ2v) is 5.28. The number of hydrogen-bond acceptors (Lipinski definition) is 5. The van der Waals surface area contributed by atoms with Crippen molar-refractivity contribution in [1.82, 2.24) is 9.97 Å². The van der Waals surface area contributed by atoms with Crippen LogP contribution in [0.5, 0.6) is 5.75 Å². The molecule has 2 aromatic heterocycles. The zero-order valence-electron chi connectivity index (χ0n) is 12.2. The Morgan fingerprint density at radius 1 is 1.36 bits per heavy atom. The van der Waals surface area contributed by atoms with Gasteiger partial charge < -0.3 is 15.4 Å². The summed E-state index contributed by atoms with van der Waals surface area (Å²) < 4.78 is 5.97. The smallest absolute Gasteiger partial charge is 0.267 e. The summed E-state index contributed by atoms with van der Waals surface area (Å²) in [5, 5.41) is 0. The number of primary amides is 1. The Kier molecular flexibility index (Phi) is 4.18. The Labute approximate surface area is 128 Å². The van der Waals surface area contributed by atoms with E-state index in [9.17, 15) is 4.79 Å². The molecule has 0 saturated carbocycles. The predicted octanol–water partition coefficient (Wildman–Crippen LogP) is 1.62. The SMILES string of the molecule is NC(=O)c1cc(N2CCCC(Oc3cccnc3)C2)ccn1. The van der Waals surface area contributed by atoms with Gasteiger partial charge in [0.05, 0.1) is 12.7 Å². The third kappa shape index (κ3) is 3.33. The first-order valence-corrected chi connectivity index (χ1v) is 7.30. The van der Waals surface area contributed by atoms with Crippen molar-refractivity contribution in [3.63, 3.8) is 0 Å². The van der Waals surface area contributed by atoms with Gasteiger partial charge in [-0.1, -0.05) is 0 Å². The first-order valence-electron chi connectivity index (χ1n) is 7.30. The highest BCUT2D eigenvalue weighted by Crippen LogP contribution is 2.23. The normalized spacial score (nSPS) is 18.0. The fourth-order valence-corrected chi connectivity index (χ4v) is 2.63. The standard InChI is InChI=1S/C16H18N4O2/c17-16(21)15-9-12(5-7-19-15)20-8-2-4-14(11-20)22-13-3-1-6-18-10-13/h1,3,5-7,9-10,14H,2,4,8,11H2,(H2,17,21). The highest BCUT2D eigenvalue weighted by molar-refractivity contribution is 5.91. The molecule has 6 heteroatoms. The van der Waals surface area contributed by atoms with Crippen LogP contribution in [0.15, 0.2) is 42.9 Å². The fourth-order valence-electron chi connectivity index (χ4n) is 2.63. The lowest BCUT2D eigenvalue weighted by atomic mass is 10.1. The van der Waals surface area contributed by atoms with Crippen LogP contribution in [0.1, 0.15) is 23.3 Å². The maximum Gasteiger partial charge on any atom is 0.267 e. The number of aromatic nitrogens is 2. The zero-order chi connectivity index (χ0) is 15.4. The Morgan fingerprint density at radius 2 is 2.27 bits per heavy atom. The molecule has 22 heavy (non-hydrogen) atoms. The summed E-state index contributed by atoms with van der Waals surface area (Å²) >= 11 is 0. The van der Waals surface area contributed by atoms with E-state index in [4.69, 9.17) is 10.5 Å². The highest BCUT2D eigenvalue weighted by atomic mass is 16.5. The van der Waals surface area contributed by atoms with Crippen molar-refractivity contribution in [2.75, 3.05) is 18.0 Å². The second kappa shape index (κ2) is 6.43.